The summed E-state index contributed by atoms with van der Waals surface area (Å²) in [4.78, 5) is 27.6. The van der Waals surface area contributed by atoms with Gasteiger partial charge in [-0.05, 0) is 60.4 Å². The number of nitriles is 1. The number of carbonyl (C=O) groups excluding carboxylic acids is 2. The Kier molecular flexibility index (Phi) is 8.14. The fourth-order valence-corrected chi connectivity index (χ4v) is 4.27. The van der Waals surface area contributed by atoms with E-state index in [2.05, 4.69) is 6.92 Å². The monoisotopic (exact) mass is 502 g/mol. The van der Waals surface area contributed by atoms with Crippen molar-refractivity contribution in [3.63, 3.8) is 0 Å². The first kappa shape index (κ1) is 25.8. The molecule has 2 heterocycles. The van der Waals surface area contributed by atoms with Gasteiger partial charge >= 0.3 is 0 Å². The van der Waals surface area contributed by atoms with E-state index < -0.39 is 11.8 Å². The number of rotatable bonds is 10. The van der Waals surface area contributed by atoms with Crippen LogP contribution in [0.2, 0.25) is 0 Å². The second-order valence-electron chi connectivity index (χ2n) is 8.87. The molecule has 2 aromatic rings. The molecule has 0 fully saturated rings. The molecule has 2 aliphatic rings. The van der Waals surface area contributed by atoms with E-state index in [9.17, 15) is 14.9 Å². The first-order valence-electron chi connectivity index (χ1n) is 12.4. The summed E-state index contributed by atoms with van der Waals surface area (Å²) < 4.78 is 22.1. The molecule has 0 spiro atoms. The molecular formula is C29H30N2O6. The molecule has 192 valence electrons. The maximum atomic E-state index is 13.5. The number of hydrogen-bond donors (Lipinski definition) is 0. The van der Waals surface area contributed by atoms with Gasteiger partial charge in [0.2, 0.25) is 6.79 Å². The third-order valence-corrected chi connectivity index (χ3v) is 6.36. The molecule has 2 aliphatic heterocycles. The third kappa shape index (κ3) is 5.61. The number of hydrogen-bond acceptors (Lipinski definition) is 7. The summed E-state index contributed by atoms with van der Waals surface area (Å²) in [5, 5.41) is 9.70. The first-order valence-corrected chi connectivity index (χ1v) is 12.4. The van der Waals surface area contributed by atoms with E-state index in [1.54, 1.807) is 50.4 Å². The molecule has 37 heavy (non-hydrogen) atoms. The zero-order valence-corrected chi connectivity index (χ0v) is 21.3. The highest BCUT2D eigenvalue weighted by atomic mass is 16.7. The Morgan fingerprint density at radius 3 is 2.59 bits per heavy atom. The minimum absolute atomic E-state index is 0.00175. The lowest BCUT2D eigenvalue weighted by Crippen LogP contribution is -2.42. The number of methoxy groups -OCH3 is 1. The minimum Gasteiger partial charge on any atom is -0.493 e. The van der Waals surface area contributed by atoms with Crippen LogP contribution in [0.15, 0.2) is 53.1 Å². The lowest BCUT2D eigenvalue weighted by atomic mass is 9.93. The first-order chi connectivity index (χ1) is 18.0. The summed E-state index contributed by atoms with van der Waals surface area (Å²) in [5.74, 6) is 1.23. The molecule has 0 atom stereocenters. The van der Waals surface area contributed by atoms with Gasteiger partial charge in [0.15, 0.2) is 23.0 Å². The Balaban J connectivity index is 1.59. The molecule has 2 aromatic carbocycles. The van der Waals surface area contributed by atoms with Gasteiger partial charge in [-0.15, -0.1) is 0 Å². The van der Waals surface area contributed by atoms with Crippen LogP contribution >= 0.6 is 0 Å². The smallest absolute Gasteiger partial charge is 0.271 e. The fourth-order valence-electron chi connectivity index (χ4n) is 4.27. The van der Waals surface area contributed by atoms with Crippen molar-refractivity contribution >= 4 is 17.9 Å². The number of ether oxygens (including phenoxy) is 4. The topological polar surface area (TPSA) is 98.1 Å². The molecule has 0 aromatic heterocycles. The number of carbonyl (C=O) groups is 2. The molecule has 0 N–H and O–H groups in total. The van der Waals surface area contributed by atoms with Crippen molar-refractivity contribution in [2.75, 3.05) is 20.5 Å². The normalized spacial score (nSPS) is 15.8. The SMILES string of the molecule is CCCCCCOc1ccc(/C=C2/C(=O)N(Cc3ccc4c(c3)OCO4)C(=O)C(C#N)=C2C)cc1OC. The van der Waals surface area contributed by atoms with Crippen LogP contribution in [0.5, 0.6) is 23.0 Å². The Morgan fingerprint density at radius 2 is 1.84 bits per heavy atom. The number of imide groups is 1. The molecule has 4 rings (SSSR count). The predicted octanol–water partition coefficient (Wildman–Crippen LogP) is 5.18. The summed E-state index contributed by atoms with van der Waals surface area (Å²) in [6.07, 6.45) is 6.08. The van der Waals surface area contributed by atoms with Crippen LogP contribution in [0.25, 0.3) is 6.08 Å². The van der Waals surface area contributed by atoms with Gasteiger partial charge in [-0.25, -0.2) is 0 Å². The van der Waals surface area contributed by atoms with Crippen molar-refractivity contribution in [1.29, 1.82) is 5.26 Å². The zero-order chi connectivity index (χ0) is 26.4. The van der Waals surface area contributed by atoms with Gasteiger partial charge in [0, 0.05) is 5.57 Å². The van der Waals surface area contributed by atoms with Gasteiger partial charge in [-0.3, -0.25) is 14.5 Å². The summed E-state index contributed by atoms with van der Waals surface area (Å²) in [7, 11) is 1.56. The van der Waals surface area contributed by atoms with Crippen molar-refractivity contribution in [1.82, 2.24) is 4.90 Å². The van der Waals surface area contributed by atoms with E-state index in [0.717, 1.165) is 24.2 Å². The molecule has 0 unspecified atom stereocenters. The Bertz CT molecular complexity index is 1300. The molecule has 0 radical (unpaired) electrons. The van der Waals surface area contributed by atoms with Crippen LogP contribution in [0.1, 0.15) is 50.7 Å². The summed E-state index contributed by atoms with van der Waals surface area (Å²) in [5.41, 5.74) is 1.92. The maximum Gasteiger partial charge on any atom is 0.271 e. The van der Waals surface area contributed by atoms with Crippen LogP contribution in [0.3, 0.4) is 0 Å². The number of nitrogens with zero attached hydrogens (tertiary/aromatic N) is 2. The minimum atomic E-state index is -0.621. The van der Waals surface area contributed by atoms with Gasteiger partial charge in [-0.1, -0.05) is 38.3 Å². The average molecular weight is 503 g/mol. The van der Waals surface area contributed by atoms with Crippen LogP contribution in [0.4, 0.5) is 0 Å². The number of unbranched alkanes of at least 4 members (excludes halogenated alkanes) is 3. The van der Waals surface area contributed by atoms with Gasteiger partial charge < -0.3 is 18.9 Å². The van der Waals surface area contributed by atoms with Crippen molar-refractivity contribution < 1.29 is 28.5 Å². The Morgan fingerprint density at radius 1 is 1.03 bits per heavy atom. The predicted molar refractivity (Wildman–Crippen MR) is 137 cm³/mol. The molecule has 0 saturated heterocycles. The highest BCUT2D eigenvalue weighted by Gasteiger charge is 2.35. The van der Waals surface area contributed by atoms with Crippen LogP contribution in [-0.4, -0.2) is 37.2 Å². The maximum absolute atomic E-state index is 13.5. The third-order valence-electron chi connectivity index (χ3n) is 6.36. The molecule has 8 nitrogen and oxygen atoms in total. The highest BCUT2D eigenvalue weighted by molar-refractivity contribution is 6.19. The summed E-state index contributed by atoms with van der Waals surface area (Å²) >= 11 is 0. The van der Waals surface area contributed by atoms with E-state index in [4.69, 9.17) is 18.9 Å². The molecular weight excluding hydrogens is 472 g/mol. The largest absolute Gasteiger partial charge is 0.493 e. The molecule has 2 amide bonds. The van der Waals surface area contributed by atoms with Crippen LogP contribution < -0.4 is 18.9 Å². The van der Waals surface area contributed by atoms with Crippen LogP contribution in [-0.2, 0) is 16.1 Å². The second kappa shape index (κ2) is 11.7. The van der Waals surface area contributed by atoms with E-state index >= 15 is 0 Å². The number of amides is 2. The highest BCUT2D eigenvalue weighted by Crippen LogP contribution is 2.35. The second-order valence-corrected chi connectivity index (χ2v) is 8.87. The van der Waals surface area contributed by atoms with E-state index in [0.29, 0.717) is 46.3 Å². The Labute approximate surface area is 216 Å². The molecule has 0 aliphatic carbocycles. The summed E-state index contributed by atoms with van der Waals surface area (Å²) in [6, 6.07) is 12.6. The lowest BCUT2D eigenvalue weighted by molar-refractivity contribution is -0.141. The Hall–Kier alpha value is -4.25. The van der Waals surface area contributed by atoms with E-state index in [1.165, 1.54) is 6.42 Å². The molecule has 0 saturated carbocycles. The zero-order valence-electron chi connectivity index (χ0n) is 21.3. The van der Waals surface area contributed by atoms with Crippen molar-refractivity contribution in [3.05, 3.63) is 64.2 Å². The number of benzene rings is 2. The fraction of sp³-hybridized carbons (Fsp3) is 0.345. The lowest BCUT2D eigenvalue weighted by Gasteiger charge is -2.27. The van der Waals surface area contributed by atoms with Gasteiger partial charge in [0.1, 0.15) is 11.6 Å². The van der Waals surface area contributed by atoms with Crippen molar-refractivity contribution in [3.8, 4) is 29.1 Å². The average Bonchev–Trinajstić information content (AvgIpc) is 3.38. The van der Waals surface area contributed by atoms with Gasteiger partial charge in [0.05, 0.1) is 20.3 Å². The van der Waals surface area contributed by atoms with Crippen molar-refractivity contribution in [2.45, 2.75) is 46.1 Å². The molecule has 0 bridgehead atoms. The van der Waals surface area contributed by atoms with Gasteiger partial charge in [-0.2, -0.15) is 5.26 Å². The molecule has 8 heteroatoms. The van der Waals surface area contributed by atoms with Crippen LogP contribution in [0, 0.1) is 11.3 Å². The van der Waals surface area contributed by atoms with E-state index in [-0.39, 0.29) is 24.5 Å². The standard InChI is InChI=1S/C29H30N2O6/c1-4-5-6-7-12-35-24-10-8-20(14-26(24)34-3)13-22-19(2)23(16-30)29(33)31(28(22)32)17-21-9-11-25-27(15-21)37-18-36-25/h8-11,13-15H,4-7,12,17-18H2,1-3H3/b22-13+. The quantitative estimate of drug-likeness (QED) is 0.251. The van der Waals surface area contributed by atoms with Gasteiger partial charge in [0.25, 0.3) is 11.8 Å². The van der Waals surface area contributed by atoms with Crippen molar-refractivity contribution in [2.24, 2.45) is 0 Å². The summed E-state index contributed by atoms with van der Waals surface area (Å²) in [6.45, 7) is 4.50. The van der Waals surface area contributed by atoms with E-state index in [1.807, 2.05) is 12.1 Å². The number of fused-ring (bicyclic) bond motifs is 1.